The van der Waals surface area contributed by atoms with Gasteiger partial charge in [-0.15, -0.1) is 0 Å². The third kappa shape index (κ3) is 52.2. The molecule has 0 bridgehead atoms. The Morgan fingerprint density at radius 3 is 0.956 bits per heavy atom. The summed E-state index contributed by atoms with van der Waals surface area (Å²) in [6.07, 6.45) is 1.81. The van der Waals surface area contributed by atoms with Crippen LogP contribution in [0.25, 0.3) is 6.08 Å². The molecule has 0 saturated carbocycles. The minimum Gasteiger partial charge on any atom is -0.507 e. The van der Waals surface area contributed by atoms with Crippen molar-refractivity contribution >= 4 is 186 Å². The molecule has 0 aliphatic rings. The number of alkyl halides is 2. The third-order valence-electron chi connectivity index (χ3n) is 10.9. The lowest BCUT2D eigenvalue weighted by molar-refractivity contribution is 0.145. The van der Waals surface area contributed by atoms with Crippen LogP contribution in [0.2, 0.25) is 5.02 Å². The second-order valence-corrected chi connectivity index (χ2v) is 59.5. The van der Waals surface area contributed by atoms with Crippen molar-refractivity contribution in [3.63, 3.8) is 0 Å². The lowest BCUT2D eigenvalue weighted by atomic mass is 9.78. The van der Waals surface area contributed by atoms with Crippen molar-refractivity contribution in [3.8, 4) is 5.75 Å². The maximum absolute atomic E-state index is 11.0. The number of aliphatic hydroxyl groups is 2. The van der Waals surface area contributed by atoms with E-state index in [-0.39, 0.29) is 16.8 Å². The fourth-order valence-corrected chi connectivity index (χ4v) is 23.0. The molecule has 680 valence electrons. The van der Waals surface area contributed by atoms with E-state index in [9.17, 15) is 77.4 Å². The molecule has 32 N–H and O–H groups in total. The average Bonchev–Trinajstić information content (AvgIpc) is 0.795. The summed E-state index contributed by atoms with van der Waals surface area (Å²) in [5, 5.41) is 18.1. The summed E-state index contributed by atoms with van der Waals surface area (Å²) >= 11 is 15.5. The molecule has 0 aliphatic heterocycles. The molecule has 53 nitrogen and oxygen atoms in total. The topological polar surface area (TPSA) is 967 Å². The largest absolute Gasteiger partial charge is 0.507 e. The molecular formula is C40H89Cl3O53P16S2. The highest BCUT2D eigenvalue weighted by Crippen LogP contribution is 2.74. The van der Waals surface area contributed by atoms with Gasteiger partial charge in [0.1, 0.15) is 16.6 Å². The standard InChI is InChI=1S/C23H40O6P2.C7H9ClO6P2S.C2H8O9P2S.2C2H8O7P2.C2H6O6P2.CH4Cl2O6P2.CH6O6P2/c1-11-25-30(10)28-20(29-31(26-12-2)27-13-3)16-17-14-18(22(4,5)6)21(24)19(15-17)23(7,8)9;8-5-1-3-6(4-2-5)17-7(15(9,10)11)16(12,13)14;3-12(4,5)2(13(6,7)8)1-14(9,10)11;2*1-2(3,10(4,5)6)11(7,8)9;1-2(9(3,4)5)10(6,7)8;2-1(3,10(4,5)6)11(7,8)9;2-8(3,4)1-9(5,6)7/h14-16,24H,11-13H2,1-10H3;1-4,7H,(H2,9,10,11)(H2,12,13,14);2H,1H2,(H2,3,4,5)(H2,6,7,8)(H,9,10,11);2*3H,1H3,(H2,4,5,6)(H2,7,8,9);1H2,(H2,3,4,5)(H2,6,7,8);(H2,4,5,6)(H2,7,8,9);1H2,(H2,2,3,4)(H2,5,6,7)/b20-16-;;;;;;;. The Morgan fingerprint density at radius 1 is 0.500 bits per heavy atom. The molecule has 2 aromatic carbocycles. The maximum Gasteiger partial charge on any atom is 0.399 e. The molecule has 0 radical (unpaired) electrons. The molecule has 2 aromatic rings. The highest BCUT2D eigenvalue weighted by atomic mass is 35.5. The van der Waals surface area contributed by atoms with Crippen LogP contribution in [0.4, 0.5) is 0 Å². The van der Waals surface area contributed by atoms with Crippen molar-refractivity contribution in [2.45, 2.75) is 116 Å². The number of halogens is 3. The minimum absolute atomic E-state index is 0.234. The number of aromatic hydroxyl groups is 1. The van der Waals surface area contributed by atoms with Gasteiger partial charge in [0, 0.05) is 33.8 Å². The number of rotatable bonds is 29. The second-order valence-electron chi connectivity index (χ2n) is 23.2. The van der Waals surface area contributed by atoms with Crippen LogP contribution in [0.15, 0.2) is 58.9 Å². The Morgan fingerprint density at radius 2 is 0.789 bits per heavy atom. The van der Waals surface area contributed by atoms with E-state index in [1.165, 1.54) is 24.3 Å². The molecule has 0 aromatic heterocycles. The molecule has 0 spiro atoms. The molecule has 0 fully saturated rings. The van der Waals surface area contributed by atoms with Gasteiger partial charge in [0.15, 0.2) is 11.3 Å². The zero-order chi connectivity index (χ0) is 93.7. The molecule has 0 heterocycles. The van der Waals surface area contributed by atoms with Crippen LogP contribution in [-0.2, 0) is 107 Å². The number of benzene rings is 2. The normalized spacial score (nSPS) is 14.2. The Labute approximate surface area is 669 Å². The average molecular weight is 2080 g/mol. The van der Waals surface area contributed by atoms with E-state index >= 15 is 0 Å². The van der Waals surface area contributed by atoms with Crippen LogP contribution in [0.1, 0.15) is 92.9 Å². The summed E-state index contributed by atoms with van der Waals surface area (Å²) in [7, 11) is -78.1. The monoisotopic (exact) mass is 2080 g/mol. The number of hydrogen-bond donors (Lipinski definition) is 32. The van der Waals surface area contributed by atoms with Crippen LogP contribution in [0, 0.1) is 0 Å². The molecule has 0 saturated heterocycles. The Hall–Kier alpha value is 1.21. The van der Waals surface area contributed by atoms with Gasteiger partial charge in [0.25, 0.3) is 26.2 Å². The second kappa shape index (κ2) is 47.7. The van der Waals surface area contributed by atoms with Gasteiger partial charge in [0.2, 0.25) is 13.1 Å². The smallest absolute Gasteiger partial charge is 0.399 e. The van der Waals surface area contributed by atoms with Gasteiger partial charge in [-0.05, 0) is 87.4 Å². The molecular weight excluding hydrogens is 1990 g/mol. The van der Waals surface area contributed by atoms with Crippen LogP contribution >= 0.6 is 170 Å². The Bertz CT molecular complexity index is 3970. The van der Waals surface area contributed by atoms with E-state index in [4.69, 9.17) is 209 Å². The lowest BCUT2D eigenvalue weighted by Gasteiger charge is -2.28. The number of phenols is 1. The van der Waals surface area contributed by atoms with E-state index in [0.717, 1.165) is 16.7 Å². The van der Waals surface area contributed by atoms with E-state index < -0.39 is 174 Å². The summed E-state index contributed by atoms with van der Waals surface area (Å²) in [5.41, 5.74) is 2.13. The first-order valence-electron chi connectivity index (χ1n) is 28.2. The summed E-state index contributed by atoms with van der Waals surface area (Å²) < 4.78 is 196. The number of thioether (sulfide) groups is 1. The van der Waals surface area contributed by atoms with Crippen molar-refractivity contribution in [2.75, 3.05) is 38.1 Å². The van der Waals surface area contributed by atoms with E-state index in [0.29, 0.717) is 61.1 Å². The van der Waals surface area contributed by atoms with Crippen LogP contribution in [-0.4, -0.2) is 228 Å². The highest BCUT2D eigenvalue weighted by molar-refractivity contribution is 8.12. The van der Waals surface area contributed by atoms with Gasteiger partial charge in [0.05, 0.1) is 19.8 Å². The van der Waals surface area contributed by atoms with Gasteiger partial charge >= 0.3 is 119 Å². The summed E-state index contributed by atoms with van der Waals surface area (Å²) in [4.78, 5) is 233. The van der Waals surface area contributed by atoms with Crippen molar-refractivity contribution in [1.29, 1.82) is 0 Å². The predicted octanol–water partition coefficient (Wildman–Crippen LogP) is 5.78. The van der Waals surface area contributed by atoms with Crippen LogP contribution < -0.4 is 0 Å². The number of phenolic OH excluding ortho intramolecular Hbond substituents is 1. The first kappa shape index (κ1) is 126. The van der Waals surface area contributed by atoms with E-state index in [2.05, 4.69) is 48.1 Å². The Kier molecular flexibility index (Phi) is 52.7. The lowest BCUT2D eigenvalue weighted by Crippen LogP contribution is -2.23. The van der Waals surface area contributed by atoms with Gasteiger partial charge in [-0.1, -0.05) is 94.7 Å². The maximum atomic E-state index is 11.0. The summed E-state index contributed by atoms with van der Waals surface area (Å²) in [6.45, 7) is 24.9. The molecule has 1 atom stereocenters. The van der Waals surface area contributed by atoms with E-state index in [1.54, 1.807) is 0 Å². The fraction of sp³-hybridized carbons (Fsp3) is 0.600. The third-order valence-corrected chi connectivity index (χ3v) is 43.5. The molecule has 74 heteroatoms. The van der Waals surface area contributed by atoms with Crippen LogP contribution in [0.5, 0.6) is 5.75 Å². The molecule has 114 heavy (non-hydrogen) atoms. The first-order valence-corrected chi connectivity index (χ1v) is 57.7. The van der Waals surface area contributed by atoms with Crippen molar-refractivity contribution < 1.29 is 252 Å². The van der Waals surface area contributed by atoms with E-state index in [1.807, 2.05) is 45.6 Å². The van der Waals surface area contributed by atoms with Crippen molar-refractivity contribution in [1.82, 2.24) is 0 Å². The SMILES string of the molecule is C=C(P(=O)(O)O)P(=O)(O)O.CC(O)(P(=O)(O)O)P(=O)(O)O.CC(O)(P(=O)(O)O)P(=O)(O)O.CCOP(C)O/C(=C/c1cc(C(C)(C)C)c(O)c(C(C)(C)C)c1)OP(OCC)OCC.O=P(O)(O)C(CS(=O)(=O)O)P(=O)(O)O.O=P(O)(O)C(Cl)(Cl)P(=O)(O)O.O=P(O)(O)C(Sc1ccc(Cl)cc1)P(=O)(O)O.O=P(O)(O)CP(=O)(O)O. The molecule has 0 aliphatic carbocycles. The predicted molar refractivity (Wildman–Crippen MR) is 410 cm³/mol. The zero-order valence-electron chi connectivity index (χ0n) is 59.9. The van der Waals surface area contributed by atoms with Crippen molar-refractivity contribution in [2.24, 2.45) is 0 Å². The minimum atomic E-state index is -5.30. The highest BCUT2D eigenvalue weighted by Gasteiger charge is 2.59. The van der Waals surface area contributed by atoms with Gasteiger partial charge < -0.3 is 175 Å². The number of hydrogen-bond acceptors (Lipinski definition) is 25. The van der Waals surface area contributed by atoms with Gasteiger partial charge in [-0.2, -0.15) is 8.42 Å². The van der Waals surface area contributed by atoms with Crippen molar-refractivity contribution in [3.05, 3.63) is 75.7 Å². The molecule has 0 amide bonds. The first-order chi connectivity index (χ1) is 49.1. The zero-order valence-corrected chi connectivity index (χ0v) is 78.1. The fourth-order valence-electron chi connectivity index (χ4n) is 5.26. The van der Waals surface area contributed by atoms with Gasteiger partial charge in [-0.25, -0.2) is 0 Å². The summed E-state index contributed by atoms with van der Waals surface area (Å²) in [5.74, 6) is -2.46. The van der Waals surface area contributed by atoms with Crippen LogP contribution in [0.3, 0.4) is 0 Å². The van der Waals surface area contributed by atoms with Gasteiger partial charge in [-0.3, -0.25) is 68.5 Å². The Balaban J connectivity index is -0.000000306. The molecule has 2 rings (SSSR count). The molecule has 1 unspecified atom stereocenters. The quantitative estimate of drug-likeness (QED) is 0.0151. The summed E-state index contributed by atoms with van der Waals surface area (Å²) in [6, 6.07) is 9.70.